The fourth-order valence-electron chi connectivity index (χ4n) is 0.718. The maximum Gasteiger partial charge on any atom is 0.449 e. The highest BCUT2D eigenvalue weighted by Crippen LogP contribution is 2.02. The van der Waals surface area contributed by atoms with E-state index in [1.165, 1.54) is 12.1 Å². The number of rotatable bonds is 2. The average Bonchev–Trinajstić information content (AvgIpc) is 2.03. The summed E-state index contributed by atoms with van der Waals surface area (Å²) in [6.07, 6.45) is 0. The molecule has 0 aliphatic rings. The van der Waals surface area contributed by atoms with Crippen LogP contribution in [0.2, 0.25) is 0 Å². The smallest absolute Gasteiger partial charge is 0.320 e. The van der Waals surface area contributed by atoms with Crippen LogP contribution in [-0.4, -0.2) is 18.9 Å². The van der Waals surface area contributed by atoms with Crippen LogP contribution in [0.5, 0.6) is 0 Å². The van der Waals surface area contributed by atoms with Crippen molar-refractivity contribution in [2.75, 3.05) is 0 Å². The summed E-state index contributed by atoms with van der Waals surface area (Å²) >= 11 is 0. The maximum atomic E-state index is 10.9. The Kier molecular flexibility index (Phi) is 2.64. The standard InChI is InChI=1S/C7H6O5S/c8-7(12-13(9,10)11)6-4-2-1-3-5-6/h1-5H,(H,9,10,11). The number of carbonyl (C=O) groups excluding carboxylic acids is 1. The molecule has 1 aromatic rings. The van der Waals surface area contributed by atoms with Crippen molar-refractivity contribution < 1.29 is 21.9 Å². The van der Waals surface area contributed by atoms with Gasteiger partial charge in [0.1, 0.15) is 0 Å². The Morgan fingerprint density at radius 3 is 2.23 bits per heavy atom. The van der Waals surface area contributed by atoms with Gasteiger partial charge >= 0.3 is 16.4 Å². The summed E-state index contributed by atoms with van der Waals surface area (Å²) in [7, 11) is -4.72. The van der Waals surface area contributed by atoms with Crippen LogP contribution in [0.15, 0.2) is 30.3 Å². The van der Waals surface area contributed by atoms with Gasteiger partial charge in [-0.05, 0) is 12.1 Å². The molecular formula is C7H6O5S. The normalized spacial score (nSPS) is 10.8. The zero-order valence-electron chi connectivity index (χ0n) is 6.38. The number of hydrogen-bond acceptors (Lipinski definition) is 4. The summed E-state index contributed by atoms with van der Waals surface area (Å²) in [5, 5.41) is 0. The lowest BCUT2D eigenvalue weighted by molar-refractivity contribution is 0.0727. The van der Waals surface area contributed by atoms with Crippen molar-refractivity contribution in [1.29, 1.82) is 0 Å². The van der Waals surface area contributed by atoms with Crippen LogP contribution in [0.3, 0.4) is 0 Å². The molecule has 0 spiro atoms. The summed E-state index contributed by atoms with van der Waals surface area (Å²) in [6.45, 7) is 0. The summed E-state index contributed by atoms with van der Waals surface area (Å²) in [5.41, 5.74) is 0.0557. The molecule has 0 saturated heterocycles. The highest BCUT2D eigenvalue weighted by atomic mass is 32.3. The molecule has 0 fully saturated rings. The van der Waals surface area contributed by atoms with Crippen LogP contribution < -0.4 is 0 Å². The third-order valence-corrected chi connectivity index (χ3v) is 1.55. The zero-order valence-corrected chi connectivity index (χ0v) is 7.19. The van der Waals surface area contributed by atoms with Crippen molar-refractivity contribution in [2.24, 2.45) is 0 Å². The van der Waals surface area contributed by atoms with Crippen LogP contribution in [0.4, 0.5) is 0 Å². The van der Waals surface area contributed by atoms with E-state index in [4.69, 9.17) is 4.55 Å². The summed E-state index contributed by atoms with van der Waals surface area (Å²) < 4.78 is 32.1. The predicted molar refractivity (Wildman–Crippen MR) is 43.4 cm³/mol. The molecule has 13 heavy (non-hydrogen) atoms. The lowest BCUT2D eigenvalue weighted by Gasteiger charge is -1.98. The number of benzene rings is 1. The van der Waals surface area contributed by atoms with Gasteiger partial charge in [-0.2, -0.15) is 8.42 Å². The van der Waals surface area contributed by atoms with Gasteiger partial charge in [0.05, 0.1) is 5.56 Å². The molecule has 0 aliphatic carbocycles. The molecule has 0 unspecified atom stereocenters. The third kappa shape index (κ3) is 3.22. The lowest BCUT2D eigenvalue weighted by Crippen LogP contribution is -2.11. The predicted octanol–water partition coefficient (Wildman–Crippen LogP) is 0.646. The van der Waals surface area contributed by atoms with Crippen molar-refractivity contribution in [3.8, 4) is 0 Å². The first-order valence-electron chi connectivity index (χ1n) is 3.25. The van der Waals surface area contributed by atoms with E-state index >= 15 is 0 Å². The van der Waals surface area contributed by atoms with Crippen molar-refractivity contribution in [3.05, 3.63) is 35.9 Å². The van der Waals surface area contributed by atoms with Crippen LogP contribution >= 0.6 is 0 Å². The van der Waals surface area contributed by atoms with E-state index in [-0.39, 0.29) is 5.56 Å². The lowest BCUT2D eigenvalue weighted by atomic mass is 10.2. The molecule has 0 heterocycles. The molecule has 0 amide bonds. The van der Waals surface area contributed by atoms with Gasteiger partial charge in [-0.15, -0.1) is 0 Å². The molecule has 1 rings (SSSR count). The molecule has 0 radical (unpaired) electrons. The highest BCUT2D eigenvalue weighted by molar-refractivity contribution is 7.81. The van der Waals surface area contributed by atoms with Gasteiger partial charge in [0.2, 0.25) is 0 Å². The Hall–Kier alpha value is -1.40. The van der Waals surface area contributed by atoms with Crippen LogP contribution in [0, 0.1) is 0 Å². The Morgan fingerprint density at radius 1 is 1.23 bits per heavy atom. The van der Waals surface area contributed by atoms with Gasteiger partial charge in [0, 0.05) is 0 Å². The Bertz CT molecular complexity index is 394. The highest BCUT2D eigenvalue weighted by Gasteiger charge is 2.14. The Balaban J connectivity index is 2.82. The van der Waals surface area contributed by atoms with E-state index in [9.17, 15) is 13.2 Å². The second-order valence-corrected chi connectivity index (χ2v) is 3.19. The van der Waals surface area contributed by atoms with Crippen molar-refractivity contribution in [1.82, 2.24) is 0 Å². The minimum absolute atomic E-state index is 0.0557. The molecule has 1 aromatic carbocycles. The molecule has 0 saturated carbocycles. The quantitative estimate of drug-likeness (QED) is 0.712. The zero-order chi connectivity index (χ0) is 9.90. The first kappa shape index (κ1) is 9.69. The fraction of sp³-hybridized carbons (Fsp3) is 0. The first-order valence-corrected chi connectivity index (χ1v) is 4.62. The minimum atomic E-state index is -4.72. The molecule has 6 heteroatoms. The van der Waals surface area contributed by atoms with E-state index in [2.05, 4.69) is 4.18 Å². The van der Waals surface area contributed by atoms with Crippen molar-refractivity contribution in [3.63, 3.8) is 0 Å². The van der Waals surface area contributed by atoms with Gasteiger partial charge in [-0.25, -0.2) is 4.79 Å². The van der Waals surface area contributed by atoms with E-state index < -0.39 is 16.4 Å². The van der Waals surface area contributed by atoms with E-state index in [1.807, 2.05) is 0 Å². The van der Waals surface area contributed by atoms with Gasteiger partial charge in [-0.3, -0.25) is 4.55 Å². The van der Waals surface area contributed by atoms with E-state index in [0.717, 1.165) is 0 Å². The molecule has 5 nitrogen and oxygen atoms in total. The van der Waals surface area contributed by atoms with E-state index in [1.54, 1.807) is 18.2 Å². The monoisotopic (exact) mass is 202 g/mol. The molecule has 0 aliphatic heterocycles. The maximum absolute atomic E-state index is 10.9. The van der Waals surface area contributed by atoms with E-state index in [0.29, 0.717) is 0 Å². The second kappa shape index (κ2) is 3.55. The summed E-state index contributed by atoms with van der Waals surface area (Å²) in [4.78, 5) is 10.9. The van der Waals surface area contributed by atoms with Gasteiger partial charge in [0.15, 0.2) is 0 Å². The van der Waals surface area contributed by atoms with Crippen molar-refractivity contribution >= 4 is 16.4 Å². The molecule has 0 atom stereocenters. The van der Waals surface area contributed by atoms with Crippen LogP contribution in [0.25, 0.3) is 0 Å². The van der Waals surface area contributed by atoms with Crippen molar-refractivity contribution in [2.45, 2.75) is 0 Å². The molecular weight excluding hydrogens is 196 g/mol. The van der Waals surface area contributed by atoms with Crippen LogP contribution in [0.1, 0.15) is 10.4 Å². The molecule has 70 valence electrons. The van der Waals surface area contributed by atoms with Gasteiger partial charge in [-0.1, -0.05) is 18.2 Å². The fourth-order valence-corrected chi connectivity index (χ4v) is 1.01. The van der Waals surface area contributed by atoms with Gasteiger partial charge < -0.3 is 4.18 Å². The number of hydrogen-bond donors (Lipinski definition) is 1. The SMILES string of the molecule is O=C(OS(=O)(=O)O)c1ccccc1. The Morgan fingerprint density at radius 2 is 1.77 bits per heavy atom. The Labute approximate surface area is 74.9 Å². The summed E-state index contributed by atoms with van der Waals surface area (Å²) in [5.74, 6) is -1.11. The second-order valence-electron chi connectivity index (χ2n) is 2.16. The third-order valence-electron chi connectivity index (χ3n) is 1.19. The van der Waals surface area contributed by atoms with Crippen LogP contribution in [-0.2, 0) is 14.6 Å². The summed E-state index contributed by atoms with van der Waals surface area (Å²) in [6, 6.07) is 7.48. The average molecular weight is 202 g/mol. The first-order chi connectivity index (χ1) is 5.99. The topological polar surface area (TPSA) is 80.7 Å². The minimum Gasteiger partial charge on any atom is -0.320 e. The molecule has 0 aromatic heterocycles. The largest absolute Gasteiger partial charge is 0.449 e. The van der Waals surface area contributed by atoms with Gasteiger partial charge in [0.25, 0.3) is 0 Å². The number of carbonyl (C=O) groups is 1. The molecule has 0 bridgehead atoms. The molecule has 1 N–H and O–H groups in total.